The molecule has 0 unspecified atom stereocenters. The van der Waals surface area contributed by atoms with E-state index < -0.39 is 4.92 Å². The molecule has 0 aliphatic heterocycles. The highest BCUT2D eigenvalue weighted by molar-refractivity contribution is 7.98. The molecule has 0 atom stereocenters. The summed E-state index contributed by atoms with van der Waals surface area (Å²) in [6.07, 6.45) is 0. The highest BCUT2D eigenvalue weighted by Gasteiger charge is 2.15. The van der Waals surface area contributed by atoms with Crippen molar-refractivity contribution in [1.82, 2.24) is 0 Å². The quantitative estimate of drug-likeness (QED) is 0.392. The molecule has 2 N–H and O–H groups in total. The Morgan fingerprint density at radius 1 is 1.35 bits per heavy atom. The molecule has 0 aliphatic rings. The van der Waals surface area contributed by atoms with Crippen molar-refractivity contribution in [2.75, 3.05) is 5.73 Å². The number of nitrogen functional groups attached to an aromatic ring is 1. The summed E-state index contributed by atoms with van der Waals surface area (Å²) in [6, 6.07) is 10.5. The van der Waals surface area contributed by atoms with Crippen molar-refractivity contribution in [3.8, 4) is 0 Å². The van der Waals surface area contributed by atoms with Gasteiger partial charge in [-0.15, -0.1) is 11.8 Å². The largest absolute Gasteiger partial charge is 0.398 e. The topological polar surface area (TPSA) is 69.2 Å². The molecule has 0 aliphatic carbocycles. The van der Waals surface area contributed by atoms with E-state index >= 15 is 0 Å². The van der Waals surface area contributed by atoms with E-state index in [0.717, 1.165) is 10.5 Å². The number of aryl methyl sites for hydroxylation is 1. The highest BCUT2D eigenvalue weighted by Crippen LogP contribution is 2.33. The van der Waals surface area contributed by atoms with Gasteiger partial charge in [0.25, 0.3) is 5.69 Å². The van der Waals surface area contributed by atoms with Crippen molar-refractivity contribution >= 4 is 34.7 Å². The second-order valence-electron chi connectivity index (χ2n) is 4.31. The SMILES string of the molecule is Cc1cccc(SCc2ccc(Cl)cc2[N+](=O)[O-])c1N. The first kappa shape index (κ1) is 14.7. The number of thioether (sulfide) groups is 1. The molecule has 0 fully saturated rings. The molecule has 2 aromatic rings. The molecule has 20 heavy (non-hydrogen) atoms. The Labute approximate surface area is 126 Å². The smallest absolute Gasteiger partial charge is 0.274 e. The average molecular weight is 309 g/mol. The lowest BCUT2D eigenvalue weighted by molar-refractivity contribution is -0.385. The highest BCUT2D eigenvalue weighted by atomic mass is 35.5. The Hall–Kier alpha value is -1.72. The minimum Gasteiger partial charge on any atom is -0.398 e. The van der Waals surface area contributed by atoms with Crippen molar-refractivity contribution in [3.05, 3.63) is 62.7 Å². The molecular formula is C14H13ClN2O2S. The lowest BCUT2D eigenvalue weighted by Crippen LogP contribution is -1.95. The van der Waals surface area contributed by atoms with Gasteiger partial charge in [-0.3, -0.25) is 10.1 Å². The van der Waals surface area contributed by atoms with Gasteiger partial charge in [0.05, 0.1) is 4.92 Å². The summed E-state index contributed by atoms with van der Waals surface area (Å²) in [5.41, 5.74) is 8.38. The average Bonchev–Trinajstić information content (AvgIpc) is 2.41. The minimum atomic E-state index is -0.415. The number of nitro benzene ring substituents is 1. The second-order valence-corrected chi connectivity index (χ2v) is 5.76. The molecule has 0 amide bonds. The Balaban J connectivity index is 2.23. The number of para-hydroxylation sites is 1. The second kappa shape index (κ2) is 6.15. The van der Waals surface area contributed by atoms with Crippen LogP contribution >= 0.6 is 23.4 Å². The van der Waals surface area contributed by atoms with E-state index in [9.17, 15) is 10.1 Å². The molecule has 0 radical (unpaired) electrons. The monoisotopic (exact) mass is 308 g/mol. The summed E-state index contributed by atoms with van der Waals surface area (Å²) in [4.78, 5) is 11.5. The van der Waals surface area contributed by atoms with Gasteiger partial charge in [-0.05, 0) is 30.7 Å². The van der Waals surface area contributed by atoms with Crippen LogP contribution in [0.2, 0.25) is 5.02 Å². The van der Waals surface area contributed by atoms with E-state index in [1.165, 1.54) is 17.8 Å². The standard InChI is InChI=1S/C14H13ClN2O2S/c1-9-3-2-4-13(14(9)16)20-8-10-5-6-11(15)7-12(10)17(18)19/h2-7H,8,16H2,1H3. The molecule has 4 nitrogen and oxygen atoms in total. The molecule has 2 rings (SSSR count). The van der Waals surface area contributed by atoms with Crippen molar-refractivity contribution in [2.24, 2.45) is 0 Å². The molecule has 0 heterocycles. The minimum absolute atomic E-state index is 0.0382. The molecular weight excluding hydrogens is 296 g/mol. The molecule has 2 aromatic carbocycles. The summed E-state index contributed by atoms with van der Waals surface area (Å²) in [5.74, 6) is 0.473. The van der Waals surface area contributed by atoms with Gasteiger partial charge < -0.3 is 5.73 Å². The Bertz CT molecular complexity index is 662. The summed E-state index contributed by atoms with van der Waals surface area (Å²) in [5, 5.41) is 11.4. The molecule has 0 saturated heterocycles. The van der Waals surface area contributed by atoms with Crippen LogP contribution in [0, 0.1) is 17.0 Å². The predicted octanol–water partition coefficient (Wildman–Crippen LogP) is 4.43. The number of halogens is 1. The summed E-state index contributed by atoms with van der Waals surface area (Å²) in [7, 11) is 0. The summed E-state index contributed by atoms with van der Waals surface area (Å²) < 4.78 is 0. The zero-order chi connectivity index (χ0) is 14.7. The van der Waals surface area contributed by atoms with Crippen LogP contribution in [-0.2, 0) is 5.75 Å². The Kier molecular flexibility index (Phi) is 4.52. The molecule has 0 spiro atoms. The number of benzene rings is 2. The number of anilines is 1. The van der Waals surface area contributed by atoms with Gasteiger partial charge in [-0.2, -0.15) is 0 Å². The van der Waals surface area contributed by atoms with Crippen molar-refractivity contribution in [2.45, 2.75) is 17.6 Å². The molecule has 0 bridgehead atoms. The van der Waals surface area contributed by atoms with Gasteiger partial charge in [0.1, 0.15) is 0 Å². The summed E-state index contributed by atoms with van der Waals surface area (Å²) in [6.45, 7) is 1.93. The lowest BCUT2D eigenvalue weighted by atomic mass is 10.2. The molecule has 0 saturated carbocycles. The number of nitro groups is 1. The van der Waals surface area contributed by atoms with Crippen LogP contribution in [0.15, 0.2) is 41.3 Å². The van der Waals surface area contributed by atoms with Gasteiger partial charge in [0.2, 0.25) is 0 Å². The maximum atomic E-state index is 11.0. The van der Waals surface area contributed by atoms with Crippen LogP contribution < -0.4 is 5.73 Å². The first-order chi connectivity index (χ1) is 9.49. The van der Waals surface area contributed by atoms with E-state index in [0.29, 0.717) is 22.0 Å². The zero-order valence-electron chi connectivity index (χ0n) is 10.8. The first-order valence-electron chi connectivity index (χ1n) is 5.89. The van der Waals surface area contributed by atoms with Crippen LogP contribution in [0.3, 0.4) is 0 Å². The number of nitrogens with two attached hydrogens (primary N) is 1. The van der Waals surface area contributed by atoms with Crippen LogP contribution in [0.1, 0.15) is 11.1 Å². The number of hydrogen-bond donors (Lipinski definition) is 1. The Morgan fingerprint density at radius 2 is 2.10 bits per heavy atom. The third-order valence-electron chi connectivity index (χ3n) is 2.91. The van der Waals surface area contributed by atoms with Gasteiger partial charge in [-0.25, -0.2) is 0 Å². The molecule has 6 heteroatoms. The fourth-order valence-electron chi connectivity index (χ4n) is 1.76. The number of nitrogens with zero attached hydrogens (tertiary/aromatic N) is 1. The Morgan fingerprint density at radius 3 is 2.80 bits per heavy atom. The lowest BCUT2D eigenvalue weighted by Gasteiger charge is -2.08. The normalized spacial score (nSPS) is 10.5. The number of hydrogen-bond acceptors (Lipinski definition) is 4. The maximum Gasteiger partial charge on any atom is 0.274 e. The van der Waals surface area contributed by atoms with Crippen molar-refractivity contribution in [1.29, 1.82) is 0 Å². The van der Waals surface area contributed by atoms with Gasteiger partial charge >= 0.3 is 0 Å². The first-order valence-corrected chi connectivity index (χ1v) is 7.26. The fraction of sp³-hybridized carbons (Fsp3) is 0.143. The maximum absolute atomic E-state index is 11.0. The van der Waals surface area contributed by atoms with Crippen molar-refractivity contribution < 1.29 is 4.92 Å². The number of rotatable bonds is 4. The zero-order valence-corrected chi connectivity index (χ0v) is 12.4. The van der Waals surface area contributed by atoms with Crippen molar-refractivity contribution in [3.63, 3.8) is 0 Å². The van der Waals surface area contributed by atoms with E-state index in [2.05, 4.69) is 0 Å². The molecule has 104 valence electrons. The van der Waals surface area contributed by atoms with Gasteiger partial charge in [0, 0.05) is 33.0 Å². The third kappa shape index (κ3) is 3.23. The van der Waals surface area contributed by atoms with Crippen LogP contribution in [0.5, 0.6) is 0 Å². The van der Waals surface area contributed by atoms with Gasteiger partial charge in [0.15, 0.2) is 0 Å². The van der Waals surface area contributed by atoms with Gasteiger partial charge in [-0.1, -0.05) is 23.7 Å². The van der Waals surface area contributed by atoms with Crippen LogP contribution in [-0.4, -0.2) is 4.92 Å². The summed E-state index contributed by atoms with van der Waals surface area (Å²) >= 11 is 7.27. The third-order valence-corrected chi connectivity index (χ3v) is 4.27. The molecule has 0 aromatic heterocycles. The van der Waals surface area contributed by atoms with E-state index in [4.69, 9.17) is 17.3 Å². The fourth-order valence-corrected chi connectivity index (χ4v) is 2.98. The van der Waals surface area contributed by atoms with Crippen LogP contribution in [0.25, 0.3) is 0 Å². The predicted molar refractivity (Wildman–Crippen MR) is 83.3 cm³/mol. The van der Waals surface area contributed by atoms with Crippen LogP contribution in [0.4, 0.5) is 11.4 Å². The van der Waals surface area contributed by atoms with E-state index in [1.807, 2.05) is 25.1 Å². The van der Waals surface area contributed by atoms with E-state index in [-0.39, 0.29) is 5.69 Å². The van der Waals surface area contributed by atoms with E-state index in [1.54, 1.807) is 12.1 Å².